The van der Waals surface area contributed by atoms with Crippen molar-refractivity contribution in [1.29, 1.82) is 0 Å². The average Bonchev–Trinajstić information content (AvgIpc) is 2.28. The highest BCUT2D eigenvalue weighted by molar-refractivity contribution is 6.00. The molecule has 4 nitrogen and oxygen atoms in total. The van der Waals surface area contributed by atoms with Crippen LogP contribution >= 0.6 is 0 Å². The lowest BCUT2D eigenvalue weighted by molar-refractivity contribution is -0.132. The fraction of sp³-hybridized carbons (Fsp3) is 0.333. The first-order valence-electron chi connectivity index (χ1n) is 5.14. The third-order valence-electron chi connectivity index (χ3n) is 2.62. The van der Waals surface area contributed by atoms with Crippen molar-refractivity contribution in [3.05, 3.63) is 29.8 Å². The lowest BCUT2D eigenvalue weighted by Crippen LogP contribution is -2.36. The number of ether oxygens (including phenoxy) is 1. The maximum Gasteiger partial charge on any atom is 0.227 e. The minimum atomic E-state index is -0.219. The Morgan fingerprint density at radius 3 is 2.88 bits per heavy atom. The second-order valence-corrected chi connectivity index (χ2v) is 3.82. The van der Waals surface area contributed by atoms with Gasteiger partial charge in [0.05, 0.1) is 19.6 Å². The van der Waals surface area contributed by atoms with E-state index in [0.717, 1.165) is 11.3 Å². The third-order valence-corrected chi connectivity index (χ3v) is 2.62. The van der Waals surface area contributed by atoms with E-state index in [9.17, 15) is 9.59 Å². The Hall–Kier alpha value is -1.84. The molecule has 0 bridgehead atoms. The van der Waals surface area contributed by atoms with Gasteiger partial charge in [0.25, 0.3) is 0 Å². The van der Waals surface area contributed by atoms with Gasteiger partial charge in [0, 0.05) is 6.42 Å². The van der Waals surface area contributed by atoms with Crippen LogP contribution < -0.4 is 10.1 Å². The third kappa shape index (κ3) is 2.21. The summed E-state index contributed by atoms with van der Waals surface area (Å²) in [4.78, 5) is 22.6. The van der Waals surface area contributed by atoms with Crippen molar-refractivity contribution in [2.24, 2.45) is 0 Å². The van der Waals surface area contributed by atoms with Crippen LogP contribution in [0.3, 0.4) is 0 Å². The Kier molecular flexibility index (Phi) is 2.90. The molecule has 0 spiro atoms. The van der Waals surface area contributed by atoms with Crippen molar-refractivity contribution in [1.82, 2.24) is 5.32 Å². The van der Waals surface area contributed by atoms with Crippen molar-refractivity contribution in [2.45, 2.75) is 18.9 Å². The highest BCUT2D eigenvalue weighted by Gasteiger charge is 2.25. The summed E-state index contributed by atoms with van der Waals surface area (Å²) in [6, 6.07) is 7.18. The van der Waals surface area contributed by atoms with Gasteiger partial charge in [-0.25, -0.2) is 0 Å². The molecule has 0 aromatic heterocycles. The molecule has 1 amide bonds. The van der Waals surface area contributed by atoms with Crippen LogP contribution in [0.1, 0.15) is 24.4 Å². The van der Waals surface area contributed by atoms with E-state index < -0.39 is 0 Å². The quantitative estimate of drug-likeness (QED) is 0.761. The zero-order valence-electron chi connectivity index (χ0n) is 9.03. The van der Waals surface area contributed by atoms with E-state index in [0.29, 0.717) is 6.42 Å². The summed E-state index contributed by atoms with van der Waals surface area (Å²) in [6.07, 6.45) is 0.360. The van der Waals surface area contributed by atoms with Crippen LogP contribution in [-0.4, -0.2) is 18.8 Å². The molecular weight excluding hydrogens is 206 g/mol. The highest BCUT2D eigenvalue weighted by atomic mass is 16.5. The first-order valence-corrected chi connectivity index (χ1v) is 5.14. The molecule has 1 atom stereocenters. The Bertz CT molecular complexity index is 412. The smallest absolute Gasteiger partial charge is 0.227 e. The van der Waals surface area contributed by atoms with E-state index in [1.807, 2.05) is 24.3 Å². The van der Waals surface area contributed by atoms with Crippen molar-refractivity contribution in [3.63, 3.8) is 0 Å². The summed E-state index contributed by atoms with van der Waals surface area (Å²) in [5.74, 6) is 0.505. The van der Waals surface area contributed by atoms with Crippen molar-refractivity contribution in [2.75, 3.05) is 7.11 Å². The molecule has 1 unspecified atom stereocenters. The molecule has 1 aliphatic heterocycles. The number of nitrogens with one attached hydrogen (secondary N) is 1. The Morgan fingerprint density at radius 1 is 1.38 bits per heavy atom. The number of carbonyl (C=O) groups is 2. The van der Waals surface area contributed by atoms with E-state index in [1.165, 1.54) is 0 Å². The zero-order chi connectivity index (χ0) is 11.5. The minimum absolute atomic E-state index is 0.000465. The number of rotatable bonds is 2. The molecule has 4 heteroatoms. The molecule has 84 valence electrons. The van der Waals surface area contributed by atoms with Gasteiger partial charge < -0.3 is 10.1 Å². The minimum Gasteiger partial charge on any atom is -0.497 e. The summed E-state index contributed by atoms with van der Waals surface area (Å²) in [7, 11) is 1.59. The van der Waals surface area contributed by atoms with Crippen LogP contribution in [0.4, 0.5) is 0 Å². The van der Waals surface area contributed by atoms with E-state index in [2.05, 4.69) is 5.32 Å². The molecule has 1 heterocycles. The molecule has 1 aliphatic rings. The monoisotopic (exact) mass is 219 g/mol. The van der Waals surface area contributed by atoms with Gasteiger partial charge >= 0.3 is 0 Å². The topological polar surface area (TPSA) is 55.4 Å². The van der Waals surface area contributed by atoms with Crippen LogP contribution in [0.15, 0.2) is 24.3 Å². The zero-order valence-corrected chi connectivity index (χ0v) is 9.03. The highest BCUT2D eigenvalue weighted by Crippen LogP contribution is 2.24. The Balaban J connectivity index is 2.22. The van der Waals surface area contributed by atoms with Crippen molar-refractivity contribution < 1.29 is 14.3 Å². The van der Waals surface area contributed by atoms with Gasteiger partial charge in [-0.3, -0.25) is 9.59 Å². The number of ketones is 1. The number of piperidine rings is 1. The van der Waals surface area contributed by atoms with Gasteiger partial charge in [-0.1, -0.05) is 12.1 Å². The van der Waals surface area contributed by atoms with Gasteiger partial charge in [0.1, 0.15) is 11.5 Å². The maximum atomic E-state index is 11.3. The molecule has 0 radical (unpaired) electrons. The molecule has 2 rings (SSSR count). The molecular formula is C12H13NO3. The van der Waals surface area contributed by atoms with Crippen LogP contribution in [0, 0.1) is 0 Å². The second-order valence-electron chi connectivity index (χ2n) is 3.82. The van der Waals surface area contributed by atoms with Crippen molar-refractivity contribution >= 4 is 11.7 Å². The fourth-order valence-electron chi connectivity index (χ4n) is 1.83. The molecule has 1 saturated heterocycles. The maximum absolute atomic E-state index is 11.3. The molecule has 1 aromatic rings. The standard InChI is InChI=1S/C12H13NO3/c1-16-10-4-2-3-8(5-10)11-6-9(14)7-12(15)13-11/h2-5,11H,6-7H2,1H3,(H,13,15). The molecule has 1 fully saturated rings. The van der Waals surface area contributed by atoms with Crippen LogP contribution in [-0.2, 0) is 9.59 Å². The summed E-state index contributed by atoms with van der Waals surface area (Å²) >= 11 is 0. The van der Waals surface area contributed by atoms with Crippen LogP contribution in [0.5, 0.6) is 5.75 Å². The summed E-state index contributed by atoms with van der Waals surface area (Å²) in [5, 5.41) is 2.80. The number of hydrogen-bond acceptors (Lipinski definition) is 3. The fourth-order valence-corrected chi connectivity index (χ4v) is 1.83. The SMILES string of the molecule is COc1cccc(C2CC(=O)CC(=O)N2)c1. The predicted molar refractivity (Wildman–Crippen MR) is 58.1 cm³/mol. The lowest BCUT2D eigenvalue weighted by atomic mass is 9.96. The first kappa shape index (κ1) is 10.7. The number of methoxy groups -OCH3 is 1. The summed E-state index contributed by atoms with van der Waals surface area (Å²) in [5.41, 5.74) is 0.903. The predicted octanol–water partition coefficient (Wildman–Crippen LogP) is 1.22. The van der Waals surface area contributed by atoms with Crippen LogP contribution in [0.2, 0.25) is 0 Å². The van der Waals surface area contributed by atoms with Gasteiger partial charge in [-0.05, 0) is 17.7 Å². The Morgan fingerprint density at radius 2 is 2.19 bits per heavy atom. The second kappa shape index (κ2) is 4.35. The molecule has 0 saturated carbocycles. The number of benzene rings is 1. The number of amides is 1. The van der Waals surface area contributed by atoms with E-state index in [4.69, 9.17) is 4.74 Å². The molecule has 0 aliphatic carbocycles. The number of carbonyl (C=O) groups excluding carboxylic acids is 2. The molecule has 1 aromatic carbocycles. The average molecular weight is 219 g/mol. The summed E-state index contributed by atoms with van der Waals surface area (Å²) < 4.78 is 5.10. The lowest BCUT2D eigenvalue weighted by Gasteiger charge is -2.23. The first-order chi connectivity index (χ1) is 7.69. The number of Topliss-reactive ketones (excluding diaryl/α,β-unsaturated/α-hetero) is 1. The van der Waals surface area contributed by atoms with E-state index in [1.54, 1.807) is 7.11 Å². The van der Waals surface area contributed by atoms with E-state index >= 15 is 0 Å². The largest absolute Gasteiger partial charge is 0.497 e. The van der Waals surface area contributed by atoms with Gasteiger partial charge in [-0.2, -0.15) is 0 Å². The van der Waals surface area contributed by atoms with Gasteiger partial charge in [0.2, 0.25) is 5.91 Å². The van der Waals surface area contributed by atoms with E-state index in [-0.39, 0.29) is 24.2 Å². The number of hydrogen-bond donors (Lipinski definition) is 1. The van der Waals surface area contributed by atoms with Crippen LogP contribution in [0.25, 0.3) is 0 Å². The van der Waals surface area contributed by atoms with Gasteiger partial charge in [-0.15, -0.1) is 0 Å². The molecule has 1 N–H and O–H groups in total. The van der Waals surface area contributed by atoms with Crippen molar-refractivity contribution in [3.8, 4) is 5.75 Å². The Labute approximate surface area is 93.6 Å². The normalized spacial score (nSPS) is 20.4. The summed E-state index contributed by atoms with van der Waals surface area (Å²) in [6.45, 7) is 0. The van der Waals surface area contributed by atoms with Gasteiger partial charge in [0.15, 0.2) is 0 Å². The molecule has 16 heavy (non-hydrogen) atoms.